The van der Waals surface area contributed by atoms with Gasteiger partial charge in [-0.25, -0.2) is 8.42 Å². The molecule has 1 N–H and O–H groups in total. The first kappa shape index (κ1) is 15.9. The molecule has 2 heterocycles. The Bertz CT molecular complexity index is 561. The first-order chi connectivity index (χ1) is 9.23. The second-order valence-corrected chi connectivity index (χ2v) is 9.14. The monoisotopic (exact) mass is 316 g/mol. The van der Waals surface area contributed by atoms with E-state index >= 15 is 0 Å². The summed E-state index contributed by atoms with van der Waals surface area (Å²) in [6.07, 6.45) is 1.87. The van der Waals surface area contributed by atoms with Gasteiger partial charge in [-0.15, -0.1) is 11.3 Å². The van der Waals surface area contributed by atoms with Gasteiger partial charge in [-0.3, -0.25) is 0 Å². The summed E-state index contributed by atoms with van der Waals surface area (Å²) in [5, 5.41) is 5.08. The summed E-state index contributed by atoms with van der Waals surface area (Å²) in [6, 6.07) is 2.21. The third kappa shape index (κ3) is 3.24. The predicted octanol–water partition coefficient (Wildman–Crippen LogP) is 2.81. The maximum Gasteiger partial charge on any atom is 0.244 e. The van der Waals surface area contributed by atoms with E-state index in [-0.39, 0.29) is 5.54 Å². The van der Waals surface area contributed by atoms with Crippen molar-refractivity contribution in [3.05, 3.63) is 16.3 Å². The molecule has 1 aromatic heterocycles. The van der Waals surface area contributed by atoms with Crippen LogP contribution in [-0.2, 0) is 16.6 Å². The Morgan fingerprint density at radius 2 is 2.15 bits per heavy atom. The fourth-order valence-electron chi connectivity index (χ4n) is 2.55. The fraction of sp³-hybridized carbons (Fsp3) is 0.714. The normalized spacial score (nSPS) is 19.9. The van der Waals surface area contributed by atoms with Crippen molar-refractivity contribution in [1.82, 2.24) is 9.62 Å². The van der Waals surface area contributed by atoms with E-state index in [1.165, 1.54) is 11.3 Å². The van der Waals surface area contributed by atoms with E-state index in [1.807, 2.05) is 19.9 Å². The third-order valence-electron chi connectivity index (χ3n) is 3.73. The molecule has 2 rings (SSSR count). The van der Waals surface area contributed by atoms with Gasteiger partial charge < -0.3 is 5.32 Å². The molecule has 0 amide bonds. The van der Waals surface area contributed by atoms with Gasteiger partial charge in [0.25, 0.3) is 0 Å². The van der Waals surface area contributed by atoms with Crippen LogP contribution in [0.3, 0.4) is 0 Å². The molecule has 1 fully saturated rings. The van der Waals surface area contributed by atoms with E-state index in [1.54, 1.807) is 9.69 Å². The Balaban J connectivity index is 2.18. The summed E-state index contributed by atoms with van der Waals surface area (Å²) >= 11 is 1.51. The highest BCUT2D eigenvalue weighted by Crippen LogP contribution is 2.35. The zero-order valence-electron chi connectivity index (χ0n) is 12.6. The average Bonchev–Trinajstić information content (AvgIpc) is 2.92. The molecule has 20 heavy (non-hydrogen) atoms. The van der Waals surface area contributed by atoms with Crippen LogP contribution in [0.1, 0.15) is 45.4 Å². The SMILES string of the molecule is CC(C)NCc1cc(S(=O)(=O)N2CCCC2(C)C)cs1. The average molecular weight is 316 g/mol. The molecule has 0 spiro atoms. The molecule has 1 aromatic rings. The molecule has 0 unspecified atom stereocenters. The number of hydrogen-bond acceptors (Lipinski definition) is 4. The summed E-state index contributed by atoms with van der Waals surface area (Å²) in [6.45, 7) is 9.53. The number of rotatable bonds is 5. The zero-order valence-corrected chi connectivity index (χ0v) is 14.3. The Hall–Kier alpha value is -0.430. The van der Waals surface area contributed by atoms with Gasteiger partial charge in [-0.1, -0.05) is 13.8 Å². The maximum absolute atomic E-state index is 12.7. The molecule has 1 aliphatic heterocycles. The molecule has 0 saturated carbocycles. The number of sulfonamides is 1. The molecule has 6 heteroatoms. The van der Waals surface area contributed by atoms with Gasteiger partial charge in [0.05, 0.1) is 4.90 Å². The predicted molar refractivity (Wildman–Crippen MR) is 83.5 cm³/mol. The van der Waals surface area contributed by atoms with Crippen molar-refractivity contribution in [2.24, 2.45) is 0 Å². The Labute approximate surface area is 126 Å². The highest BCUT2D eigenvalue weighted by atomic mass is 32.2. The summed E-state index contributed by atoms with van der Waals surface area (Å²) in [5.74, 6) is 0. The Morgan fingerprint density at radius 1 is 1.45 bits per heavy atom. The molecular weight excluding hydrogens is 292 g/mol. The van der Waals surface area contributed by atoms with E-state index in [0.29, 0.717) is 17.5 Å². The summed E-state index contributed by atoms with van der Waals surface area (Å²) in [5.41, 5.74) is -0.267. The molecule has 4 nitrogen and oxygen atoms in total. The molecule has 0 atom stereocenters. The first-order valence-electron chi connectivity index (χ1n) is 7.07. The van der Waals surface area contributed by atoms with E-state index in [0.717, 1.165) is 24.3 Å². The van der Waals surface area contributed by atoms with Crippen LogP contribution in [0.2, 0.25) is 0 Å². The summed E-state index contributed by atoms with van der Waals surface area (Å²) in [7, 11) is -3.35. The van der Waals surface area contributed by atoms with Crippen LogP contribution < -0.4 is 5.32 Å². The molecule has 1 saturated heterocycles. The van der Waals surface area contributed by atoms with E-state index < -0.39 is 10.0 Å². The third-order valence-corrected chi connectivity index (χ3v) is 6.90. The quantitative estimate of drug-likeness (QED) is 0.909. The minimum absolute atomic E-state index is 0.267. The Morgan fingerprint density at radius 3 is 2.70 bits per heavy atom. The van der Waals surface area contributed by atoms with Crippen molar-refractivity contribution >= 4 is 21.4 Å². The lowest BCUT2D eigenvalue weighted by Crippen LogP contribution is -2.42. The van der Waals surface area contributed by atoms with Crippen LogP contribution in [-0.4, -0.2) is 30.8 Å². The zero-order chi connectivity index (χ0) is 15.0. The molecule has 1 aliphatic rings. The van der Waals surface area contributed by atoms with Gasteiger partial charge in [-0.05, 0) is 32.8 Å². The topological polar surface area (TPSA) is 49.4 Å². The van der Waals surface area contributed by atoms with Crippen molar-refractivity contribution < 1.29 is 8.42 Å². The lowest BCUT2D eigenvalue weighted by molar-refractivity contribution is 0.292. The Kier molecular flexibility index (Phi) is 4.59. The molecule has 0 bridgehead atoms. The number of nitrogens with one attached hydrogen (secondary N) is 1. The van der Waals surface area contributed by atoms with E-state index in [9.17, 15) is 8.42 Å². The molecule has 114 valence electrons. The van der Waals surface area contributed by atoms with Crippen molar-refractivity contribution in [2.45, 2.75) is 63.6 Å². The van der Waals surface area contributed by atoms with Crippen LogP contribution in [0.15, 0.2) is 16.3 Å². The lowest BCUT2D eigenvalue weighted by Gasteiger charge is -2.30. The van der Waals surface area contributed by atoms with Gasteiger partial charge in [0, 0.05) is 34.9 Å². The van der Waals surface area contributed by atoms with Gasteiger partial charge >= 0.3 is 0 Å². The van der Waals surface area contributed by atoms with E-state index in [2.05, 4.69) is 19.2 Å². The molecule has 0 aliphatic carbocycles. The van der Waals surface area contributed by atoms with E-state index in [4.69, 9.17) is 0 Å². The fourth-order valence-corrected chi connectivity index (χ4v) is 5.61. The van der Waals surface area contributed by atoms with Gasteiger partial charge in [-0.2, -0.15) is 4.31 Å². The second kappa shape index (κ2) is 5.75. The summed E-state index contributed by atoms with van der Waals surface area (Å²) < 4.78 is 27.1. The van der Waals surface area contributed by atoms with Gasteiger partial charge in [0.1, 0.15) is 0 Å². The molecule has 0 aromatic carbocycles. The van der Waals surface area contributed by atoms with Crippen molar-refractivity contribution in [2.75, 3.05) is 6.54 Å². The highest BCUT2D eigenvalue weighted by Gasteiger charge is 2.41. The summed E-state index contributed by atoms with van der Waals surface area (Å²) in [4.78, 5) is 1.51. The van der Waals surface area contributed by atoms with Crippen LogP contribution in [0.5, 0.6) is 0 Å². The van der Waals surface area contributed by atoms with Gasteiger partial charge in [0.15, 0.2) is 0 Å². The van der Waals surface area contributed by atoms with Crippen molar-refractivity contribution in [1.29, 1.82) is 0 Å². The van der Waals surface area contributed by atoms with Crippen LogP contribution in [0, 0.1) is 0 Å². The smallest absolute Gasteiger partial charge is 0.244 e. The number of nitrogens with zero attached hydrogens (tertiary/aromatic N) is 1. The standard InChI is InChI=1S/C14H24N2O2S2/c1-11(2)15-9-12-8-13(10-19-12)20(17,18)16-7-5-6-14(16,3)4/h8,10-11,15H,5-7,9H2,1-4H3. The van der Waals surface area contributed by atoms with Gasteiger partial charge in [0.2, 0.25) is 10.0 Å². The number of hydrogen-bond donors (Lipinski definition) is 1. The van der Waals surface area contributed by atoms with Crippen LogP contribution in [0.4, 0.5) is 0 Å². The lowest BCUT2D eigenvalue weighted by atomic mass is 10.0. The van der Waals surface area contributed by atoms with Crippen LogP contribution in [0.25, 0.3) is 0 Å². The largest absolute Gasteiger partial charge is 0.310 e. The minimum atomic E-state index is -3.35. The highest BCUT2D eigenvalue weighted by molar-refractivity contribution is 7.89. The first-order valence-corrected chi connectivity index (χ1v) is 9.39. The van der Waals surface area contributed by atoms with Crippen molar-refractivity contribution in [3.8, 4) is 0 Å². The maximum atomic E-state index is 12.7. The van der Waals surface area contributed by atoms with Crippen LogP contribution >= 0.6 is 11.3 Å². The molecule has 0 radical (unpaired) electrons. The second-order valence-electron chi connectivity index (χ2n) is 6.28. The minimum Gasteiger partial charge on any atom is -0.310 e. The van der Waals surface area contributed by atoms with Crippen molar-refractivity contribution in [3.63, 3.8) is 0 Å². The number of thiophene rings is 1. The molecular formula is C14H24N2O2S2.